The van der Waals surface area contributed by atoms with Crippen LogP contribution in [0.5, 0.6) is 5.75 Å². The Hall–Kier alpha value is -3.15. The Morgan fingerprint density at radius 3 is 2.41 bits per heavy atom. The number of rotatable bonds is 6. The molecule has 1 aliphatic heterocycles. The van der Waals surface area contributed by atoms with Crippen molar-refractivity contribution < 1.29 is 23.8 Å². The number of likely N-dealkylation sites (tertiary alicyclic amines) is 1. The van der Waals surface area contributed by atoms with Crippen molar-refractivity contribution in [3.8, 4) is 5.75 Å². The predicted octanol–water partition coefficient (Wildman–Crippen LogP) is 4.44. The second-order valence-corrected chi connectivity index (χ2v) is 7.20. The van der Waals surface area contributed by atoms with Gasteiger partial charge in [0, 0.05) is 17.7 Å². The number of para-hydroxylation sites is 1. The van der Waals surface area contributed by atoms with Crippen LogP contribution in [-0.4, -0.2) is 34.3 Å². The normalized spacial score (nSPS) is 18.5. The maximum atomic E-state index is 13.3. The number of ketones is 1. The van der Waals surface area contributed by atoms with Gasteiger partial charge in [-0.15, -0.1) is 0 Å². The predicted molar refractivity (Wildman–Crippen MR) is 108 cm³/mol. The van der Waals surface area contributed by atoms with Gasteiger partial charge in [0.25, 0.3) is 11.7 Å². The van der Waals surface area contributed by atoms with E-state index in [4.69, 9.17) is 4.74 Å². The molecule has 152 valence electrons. The van der Waals surface area contributed by atoms with Gasteiger partial charge in [-0.2, -0.15) is 0 Å². The zero-order valence-electron chi connectivity index (χ0n) is 16.7. The number of nitrogens with zero attached hydrogens (tertiary/aromatic N) is 1. The third-order valence-electron chi connectivity index (χ3n) is 4.70. The van der Waals surface area contributed by atoms with Gasteiger partial charge in [0.05, 0.1) is 17.7 Å². The molecule has 0 bridgehead atoms. The molecule has 1 N–H and O–H groups in total. The summed E-state index contributed by atoms with van der Waals surface area (Å²) in [4.78, 5) is 27.1. The van der Waals surface area contributed by atoms with E-state index in [1.807, 2.05) is 26.8 Å². The quantitative estimate of drug-likeness (QED) is 0.444. The summed E-state index contributed by atoms with van der Waals surface area (Å²) in [6.45, 7) is 6.04. The molecule has 1 aliphatic rings. The van der Waals surface area contributed by atoms with Gasteiger partial charge in [0.15, 0.2) is 0 Å². The van der Waals surface area contributed by atoms with Crippen molar-refractivity contribution in [2.45, 2.75) is 39.3 Å². The average Bonchev–Trinajstić information content (AvgIpc) is 2.93. The average molecular weight is 397 g/mol. The van der Waals surface area contributed by atoms with Crippen molar-refractivity contribution in [3.63, 3.8) is 0 Å². The highest BCUT2D eigenvalue weighted by atomic mass is 19.1. The largest absolute Gasteiger partial charge is 0.507 e. The molecule has 0 radical (unpaired) electrons. The molecule has 1 atom stereocenters. The number of carbonyl (C=O) groups is 2. The maximum Gasteiger partial charge on any atom is 0.295 e. The first-order valence-corrected chi connectivity index (χ1v) is 9.65. The third kappa shape index (κ3) is 4.01. The monoisotopic (exact) mass is 397 g/mol. The van der Waals surface area contributed by atoms with Crippen LogP contribution in [0.15, 0.2) is 54.1 Å². The molecule has 0 aliphatic carbocycles. The van der Waals surface area contributed by atoms with Crippen molar-refractivity contribution in [3.05, 3.63) is 71.0 Å². The van der Waals surface area contributed by atoms with Gasteiger partial charge in [-0.3, -0.25) is 9.59 Å². The lowest BCUT2D eigenvalue weighted by molar-refractivity contribution is -0.139. The summed E-state index contributed by atoms with van der Waals surface area (Å²) in [5.74, 6) is -1.67. The fourth-order valence-electron chi connectivity index (χ4n) is 3.51. The number of amides is 1. The summed E-state index contributed by atoms with van der Waals surface area (Å²) < 4.78 is 19.2. The first-order valence-electron chi connectivity index (χ1n) is 9.65. The molecule has 1 unspecified atom stereocenters. The Morgan fingerprint density at radius 2 is 1.79 bits per heavy atom. The maximum absolute atomic E-state index is 13.3. The minimum Gasteiger partial charge on any atom is -0.507 e. The van der Waals surface area contributed by atoms with Crippen LogP contribution >= 0.6 is 0 Å². The molecule has 1 fully saturated rings. The Kier molecular flexibility index (Phi) is 6.01. The van der Waals surface area contributed by atoms with Crippen molar-refractivity contribution in [1.82, 2.24) is 4.90 Å². The molecule has 0 spiro atoms. The standard InChI is InChI=1S/C23H24FNO4/c1-4-13-25-20(17-7-5-6-8-18(17)29-14(2)3)19(22(27)23(25)28)21(26)15-9-11-16(24)12-10-15/h5-12,14,20,26H,4,13H2,1-3H3/b21-19-. The van der Waals surface area contributed by atoms with Crippen LogP contribution in [-0.2, 0) is 9.59 Å². The number of hydrogen-bond acceptors (Lipinski definition) is 4. The van der Waals surface area contributed by atoms with Crippen molar-refractivity contribution in [2.24, 2.45) is 0 Å². The number of aliphatic hydroxyl groups is 1. The second-order valence-electron chi connectivity index (χ2n) is 7.20. The molecule has 2 aromatic carbocycles. The summed E-state index contributed by atoms with van der Waals surface area (Å²) in [6, 6.07) is 11.5. The number of Topliss-reactive ketones (excluding diaryl/α,β-unsaturated/α-hetero) is 1. The second kappa shape index (κ2) is 8.47. The third-order valence-corrected chi connectivity index (χ3v) is 4.70. The van der Waals surface area contributed by atoms with Crippen LogP contribution in [0.2, 0.25) is 0 Å². The highest BCUT2D eigenvalue weighted by molar-refractivity contribution is 6.46. The lowest BCUT2D eigenvalue weighted by Gasteiger charge is -2.27. The zero-order chi connectivity index (χ0) is 21.1. The van der Waals surface area contributed by atoms with Crippen LogP contribution in [0, 0.1) is 5.82 Å². The van der Waals surface area contributed by atoms with Gasteiger partial charge in [0.1, 0.15) is 17.3 Å². The molecule has 5 nitrogen and oxygen atoms in total. The first kappa shape index (κ1) is 20.6. The summed E-state index contributed by atoms with van der Waals surface area (Å²) in [5.41, 5.74) is 0.875. The minimum absolute atomic E-state index is 0.0186. The molecule has 0 aromatic heterocycles. The summed E-state index contributed by atoms with van der Waals surface area (Å²) in [6.07, 6.45) is 0.537. The smallest absolute Gasteiger partial charge is 0.295 e. The fraction of sp³-hybridized carbons (Fsp3) is 0.304. The van der Waals surface area contributed by atoms with Crippen molar-refractivity contribution >= 4 is 17.4 Å². The molecule has 29 heavy (non-hydrogen) atoms. The van der Waals surface area contributed by atoms with E-state index in [2.05, 4.69) is 0 Å². The molecule has 2 aromatic rings. The fourth-order valence-corrected chi connectivity index (χ4v) is 3.51. The lowest BCUT2D eigenvalue weighted by atomic mass is 9.94. The van der Waals surface area contributed by atoms with E-state index in [0.29, 0.717) is 24.3 Å². The minimum atomic E-state index is -0.782. The molecule has 1 saturated heterocycles. The lowest BCUT2D eigenvalue weighted by Crippen LogP contribution is -2.30. The number of halogens is 1. The van der Waals surface area contributed by atoms with E-state index in [9.17, 15) is 19.1 Å². The van der Waals surface area contributed by atoms with Crippen LogP contribution in [0.3, 0.4) is 0 Å². The Morgan fingerprint density at radius 1 is 1.14 bits per heavy atom. The van der Waals surface area contributed by atoms with Crippen LogP contribution in [0.25, 0.3) is 5.76 Å². The molecule has 1 amide bonds. The summed E-state index contributed by atoms with van der Waals surface area (Å²) >= 11 is 0. The number of benzene rings is 2. The van der Waals surface area contributed by atoms with Gasteiger partial charge < -0.3 is 14.7 Å². The zero-order valence-corrected chi connectivity index (χ0v) is 16.7. The Bertz CT molecular complexity index is 950. The van der Waals surface area contributed by atoms with E-state index in [-0.39, 0.29) is 23.0 Å². The highest BCUT2D eigenvalue weighted by Gasteiger charge is 2.46. The Labute approximate surface area is 169 Å². The van der Waals surface area contributed by atoms with Gasteiger partial charge in [0.2, 0.25) is 0 Å². The molecular weight excluding hydrogens is 373 g/mol. The van der Waals surface area contributed by atoms with Gasteiger partial charge in [-0.1, -0.05) is 25.1 Å². The van der Waals surface area contributed by atoms with Crippen molar-refractivity contribution in [1.29, 1.82) is 0 Å². The van der Waals surface area contributed by atoms with E-state index in [1.54, 1.807) is 18.2 Å². The Balaban J connectivity index is 2.21. The van der Waals surface area contributed by atoms with Crippen molar-refractivity contribution in [2.75, 3.05) is 6.54 Å². The number of ether oxygens (including phenoxy) is 1. The first-order chi connectivity index (χ1) is 13.8. The molecular formula is C23H24FNO4. The summed E-state index contributed by atoms with van der Waals surface area (Å²) in [5, 5.41) is 10.9. The van der Waals surface area contributed by atoms with E-state index in [1.165, 1.54) is 29.2 Å². The topological polar surface area (TPSA) is 66.8 Å². The van der Waals surface area contributed by atoms with Gasteiger partial charge >= 0.3 is 0 Å². The van der Waals surface area contributed by atoms with E-state index < -0.39 is 23.5 Å². The molecule has 6 heteroatoms. The molecule has 1 heterocycles. The summed E-state index contributed by atoms with van der Waals surface area (Å²) in [7, 11) is 0. The number of carbonyl (C=O) groups excluding carboxylic acids is 2. The van der Waals surface area contributed by atoms with E-state index >= 15 is 0 Å². The van der Waals surface area contributed by atoms with E-state index in [0.717, 1.165) is 0 Å². The van der Waals surface area contributed by atoms with Gasteiger partial charge in [-0.05, 0) is 50.6 Å². The highest BCUT2D eigenvalue weighted by Crippen LogP contribution is 2.42. The van der Waals surface area contributed by atoms with Crippen LogP contribution in [0.1, 0.15) is 44.4 Å². The number of aliphatic hydroxyl groups excluding tert-OH is 1. The molecule has 3 rings (SSSR count). The SMILES string of the molecule is CCCN1C(=O)C(=O)/C(=C(\O)c2ccc(F)cc2)C1c1ccccc1OC(C)C. The van der Waals surface area contributed by atoms with Gasteiger partial charge in [-0.25, -0.2) is 4.39 Å². The number of hydrogen-bond donors (Lipinski definition) is 1. The van der Waals surface area contributed by atoms with Crippen LogP contribution < -0.4 is 4.74 Å². The molecule has 0 saturated carbocycles. The van der Waals surface area contributed by atoms with Crippen LogP contribution in [0.4, 0.5) is 4.39 Å².